The number of allylic oxidation sites excluding steroid dienone is 1. The van der Waals surface area contributed by atoms with Crippen molar-refractivity contribution in [1.82, 2.24) is 0 Å². The van der Waals surface area contributed by atoms with Gasteiger partial charge in [0.15, 0.2) is 0 Å². The molecule has 36 valence electrons. The lowest BCUT2D eigenvalue weighted by molar-refractivity contribution is 1.26. The van der Waals surface area contributed by atoms with Gasteiger partial charge in [-0.25, -0.2) is 0 Å². The maximum absolute atomic E-state index is 5.11. The number of rotatable bonds is 0. The first-order valence-corrected chi connectivity index (χ1v) is 2.00. The monoisotopic (exact) mass is 104 g/mol. The molecule has 0 spiro atoms. The van der Waals surface area contributed by atoms with Gasteiger partial charge in [0.2, 0.25) is 0 Å². The number of hydrogen-bond donors (Lipinski definition) is 3. The van der Waals surface area contributed by atoms with Crippen LogP contribution in [0.15, 0.2) is 10.7 Å². The summed E-state index contributed by atoms with van der Waals surface area (Å²) in [5.41, 5.74) is 10.7. The van der Waals surface area contributed by atoms with Crippen LogP contribution in [0.5, 0.6) is 0 Å². The van der Waals surface area contributed by atoms with Crippen LogP contribution in [0.2, 0.25) is 0 Å². The molecule has 0 unspecified atom stereocenters. The van der Waals surface area contributed by atoms with Gasteiger partial charge in [0, 0.05) is 5.70 Å². The van der Waals surface area contributed by atoms with E-state index in [2.05, 4.69) is 12.6 Å². The molecule has 0 aromatic carbocycles. The highest BCUT2D eigenvalue weighted by Gasteiger charge is 1.77. The van der Waals surface area contributed by atoms with Crippen LogP contribution < -0.4 is 11.5 Å². The Kier molecular flexibility index (Phi) is 1.87. The molecule has 0 atom stereocenters. The Morgan fingerprint density at radius 1 is 1.50 bits per heavy atom. The summed E-state index contributed by atoms with van der Waals surface area (Å²) in [6.45, 7) is 1.70. The van der Waals surface area contributed by atoms with Crippen LogP contribution in [0.25, 0.3) is 0 Å². The van der Waals surface area contributed by atoms with Gasteiger partial charge in [-0.05, 0) is 6.92 Å². The van der Waals surface area contributed by atoms with Gasteiger partial charge in [0.05, 0.1) is 5.03 Å². The second-order valence-electron chi connectivity index (χ2n) is 1.07. The van der Waals surface area contributed by atoms with E-state index in [1.54, 1.807) is 6.92 Å². The number of hydrogen-bond acceptors (Lipinski definition) is 3. The van der Waals surface area contributed by atoms with E-state index in [1.807, 2.05) is 0 Å². The number of nitrogens with two attached hydrogens (primary N) is 2. The van der Waals surface area contributed by atoms with E-state index in [0.29, 0.717) is 10.7 Å². The van der Waals surface area contributed by atoms with Crippen LogP contribution in [-0.4, -0.2) is 0 Å². The second-order valence-corrected chi connectivity index (χ2v) is 1.55. The molecule has 0 bridgehead atoms. The Bertz CT molecular complexity index is 58.9. The highest BCUT2D eigenvalue weighted by atomic mass is 32.1. The minimum absolute atomic E-state index is 0.398. The topological polar surface area (TPSA) is 52.0 Å². The molecular formula is C3H8N2S. The summed E-state index contributed by atoms with van der Waals surface area (Å²) in [5.74, 6) is 0. The van der Waals surface area contributed by atoms with Gasteiger partial charge in [0.1, 0.15) is 0 Å². The van der Waals surface area contributed by atoms with Crippen molar-refractivity contribution in [2.45, 2.75) is 6.92 Å². The molecule has 0 aliphatic carbocycles. The molecule has 6 heavy (non-hydrogen) atoms. The summed E-state index contributed by atoms with van der Waals surface area (Å²) in [4.78, 5) is 0. The van der Waals surface area contributed by atoms with Gasteiger partial charge in [-0.15, -0.1) is 12.6 Å². The van der Waals surface area contributed by atoms with Gasteiger partial charge in [-0.3, -0.25) is 0 Å². The molecule has 0 aromatic rings. The van der Waals surface area contributed by atoms with Crippen molar-refractivity contribution in [3.8, 4) is 0 Å². The Labute approximate surface area is 42.6 Å². The smallest absolute Gasteiger partial charge is 0.0812 e. The zero-order valence-electron chi connectivity index (χ0n) is 3.60. The first-order chi connectivity index (χ1) is 2.64. The molecule has 4 N–H and O–H groups in total. The van der Waals surface area contributed by atoms with E-state index in [-0.39, 0.29) is 0 Å². The molecule has 0 saturated carbocycles. The molecule has 0 aromatic heterocycles. The second kappa shape index (κ2) is 1.97. The van der Waals surface area contributed by atoms with Gasteiger partial charge in [0.25, 0.3) is 0 Å². The molecule has 0 amide bonds. The molecule has 0 heterocycles. The molecule has 3 heteroatoms. The Morgan fingerprint density at radius 2 is 1.67 bits per heavy atom. The molecule has 2 nitrogen and oxygen atoms in total. The minimum atomic E-state index is 0.398. The lowest BCUT2D eigenvalue weighted by Gasteiger charge is -1.88. The Balaban J connectivity index is 3.68. The van der Waals surface area contributed by atoms with Crippen molar-refractivity contribution in [2.24, 2.45) is 11.5 Å². The molecule has 0 saturated heterocycles. The van der Waals surface area contributed by atoms with Crippen LogP contribution in [0.1, 0.15) is 6.92 Å². The molecule has 0 aliphatic heterocycles. The summed E-state index contributed by atoms with van der Waals surface area (Å²) in [7, 11) is 0. The Morgan fingerprint density at radius 3 is 1.67 bits per heavy atom. The first kappa shape index (κ1) is 5.69. The summed E-state index contributed by atoms with van der Waals surface area (Å²) >= 11 is 3.73. The summed E-state index contributed by atoms with van der Waals surface area (Å²) in [5, 5.41) is 0.398. The third-order valence-electron chi connectivity index (χ3n) is 0.404. The van der Waals surface area contributed by atoms with E-state index in [1.165, 1.54) is 0 Å². The van der Waals surface area contributed by atoms with Gasteiger partial charge in [-0.1, -0.05) is 0 Å². The average molecular weight is 104 g/mol. The fourth-order valence-electron chi connectivity index (χ4n) is 0. The van der Waals surface area contributed by atoms with Crippen LogP contribution >= 0.6 is 12.6 Å². The fourth-order valence-corrected chi connectivity index (χ4v) is 0. The molecule has 0 aliphatic rings. The minimum Gasteiger partial charge on any atom is -0.400 e. The zero-order valence-corrected chi connectivity index (χ0v) is 4.50. The average Bonchev–Trinajstić information content (AvgIpc) is 1.36. The van der Waals surface area contributed by atoms with E-state index >= 15 is 0 Å². The largest absolute Gasteiger partial charge is 0.400 e. The van der Waals surface area contributed by atoms with Gasteiger partial charge < -0.3 is 11.5 Å². The highest BCUT2D eigenvalue weighted by Crippen LogP contribution is 1.90. The van der Waals surface area contributed by atoms with E-state index < -0.39 is 0 Å². The first-order valence-electron chi connectivity index (χ1n) is 1.55. The summed E-state index contributed by atoms with van der Waals surface area (Å²) < 4.78 is 0. The van der Waals surface area contributed by atoms with Crippen LogP contribution in [0.4, 0.5) is 0 Å². The molecule has 0 radical (unpaired) electrons. The van der Waals surface area contributed by atoms with Crippen molar-refractivity contribution >= 4 is 12.6 Å². The van der Waals surface area contributed by atoms with Crippen molar-refractivity contribution < 1.29 is 0 Å². The third kappa shape index (κ3) is 1.96. The highest BCUT2D eigenvalue weighted by molar-refractivity contribution is 7.84. The quantitative estimate of drug-likeness (QED) is 0.379. The third-order valence-corrected chi connectivity index (χ3v) is 0.757. The normalized spacial score (nSPS) is 13.7. The Hall–Kier alpha value is -0.310. The van der Waals surface area contributed by atoms with Crippen LogP contribution in [0.3, 0.4) is 0 Å². The lowest BCUT2D eigenvalue weighted by Crippen LogP contribution is -2.00. The predicted molar refractivity (Wildman–Crippen MR) is 30.1 cm³/mol. The fraction of sp³-hybridized carbons (Fsp3) is 0.333. The van der Waals surface area contributed by atoms with Crippen LogP contribution in [0, 0.1) is 0 Å². The van der Waals surface area contributed by atoms with Gasteiger partial charge in [-0.2, -0.15) is 0 Å². The lowest BCUT2D eigenvalue weighted by atomic mass is 10.6. The number of thiol groups is 1. The maximum Gasteiger partial charge on any atom is 0.0812 e. The van der Waals surface area contributed by atoms with Crippen molar-refractivity contribution in [3.05, 3.63) is 10.7 Å². The molecule has 0 rings (SSSR count). The predicted octanol–water partition coefficient (Wildman–Crippen LogP) is 0.0226. The van der Waals surface area contributed by atoms with Gasteiger partial charge >= 0.3 is 0 Å². The van der Waals surface area contributed by atoms with Crippen molar-refractivity contribution in [1.29, 1.82) is 0 Å². The molecular weight excluding hydrogens is 96.1 g/mol. The van der Waals surface area contributed by atoms with E-state index in [9.17, 15) is 0 Å². The standard InChI is InChI=1S/C3H8N2S/c1-2(4)3(5)6/h6H,4-5H2,1H3/b3-2+. The maximum atomic E-state index is 5.11. The van der Waals surface area contributed by atoms with E-state index in [4.69, 9.17) is 11.5 Å². The molecule has 0 fully saturated rings. The van der Waals surface area contributed by atoms with Crippen molar-refractivity contribution in [3.63, 3.8) is 0 Å². The SMILES string of the molecule is C/C(N)=C(/N)S. The van der Waals surface area contributed by atoms with Crippen molar-refractivity contribution in [2.75, 3.05) is 0 Å². The summed E-state index contributed by atoms with van der Waals surface area (Å²) in [6, 6.07) is 0. The van der Waals surface area contributed by atoms with Crippen LogP contribution in [-0.2, 0) is 0 Å². The summed E-state index contributed by atoms with van der Waals surface area (Å²) in [6.07, 6.45) is 0. The van der Waals surface area contributed by atoms with E-state index in [0.717, 1.165) is 0 Å². The zero-order chi connectivity index (χ0) is 5.15.